The molecule has 0 saturated carbocycles. The minimum atomic E-state index is 0.995. The van der Waals surface area contributed by atoms with E-state index >= 15 is 0 Å². The van der Waals surface area contributed by atoms with Crippen LogP contribution in [-0.4, -0.2) is 4.98 Å². The first kappa shape index (κ1) is 20.4. The van der Waals surface area contributed by atoms with E-state index in [-0.39, 0.29) is 0 Å². The molecule has 0 radical (unpaired) electrons. The van der Waals surface area contributed by atoms with Crippen molar-refractivity contribution >= 4 is 21.5 Å². The lowest BCUT2D eigenvalue weighted by Crippen LogP contribution is -1.90. The molecule has 1 nitrogen and oxygen atoms in total. The van der Waals surface area contributed by atoms with Crippen LogP contribution in [0, 0.1) is 13.8 Å². The lowest BCUT2D eigenvalue weighted by Gasteiger charge is -2.13. The molecule has 0 saturated heterocycles. The highest BCUT2D eigenvalue weighted by Gasteiger charge is 2.10. The minimum absolute atomic E-state index is 0.995. The van der Waals surface area contributed by atoms with Gasteiger partial charge in [-0.25, -0.2) is 0 Å². The quantitative estimate of drug-likeness (QED) is 0.253. The average Bonchev–Trinajstić information content (AvgIpc) is 2.88. The normalized spacial score (nSPS) is 11.2. The average molecular weight is 436 g/mol. The van der Waals surface area contributed by atoms with E-state index in [4.69, 9.17) is 0 Å². The molecule has 0 N–H and O–H groups in total. The highest BCUT2D eigenvalue weighted by atomic mass is 14.7. The van der Waals surface area contributed by atoms with E-state index in [0.717, 1.165) is 11.3 Å². The lowest BCUT2D eigenvalue weighted by atomic mass is 9.92. The van der Waals surface area contributed by atoms with E-state index < -0.39 is 0 Å². The smallest absolute Gasteiger partial charge is 0.0708 e. The summed E-state index contributed by atoms with van der Waals surface area (Å²) in [7, 11) is 0. The van der Waals surface area contributed by atoms with Crippen LogP contribution >= 0.6 is 0 Å². The maximum atomic E-state index is 4.69. The second-order valence-electron chi connectivity index (χ2n) is 8.96. The molecule has 162 valence electrons. The number of nitrogens with zero attached hydrogens (tertiary/aromatic N) is 1. The predicted octanol–water partition coefficient (Wildman–Crippen LogP) is 9.01. The topological polar surface area (TPSA) is 12.9 Å². The molecule has 0 aliphatic rings. The first-order valence-corrected chi connectivity index (χ1v) is 11.7. The fraction of sp³-hybridized carbons (Fsp3) is 0.0606. The fourth-order valence-corrected chi connectivity index (χ4v) is 5.13. The van der Waals surface area contributed by atoms with Crippen LogP contribution in [0.4, 0.5) is 0 Å². The highest BCUT2D eigenvalue weighted by molar-refractivity contribution is 6.13. The van der Waals surface area contributed by atoms with Gasteiger partial charge in [-0.3, -0.25) is 4.98 Å². The summed E-state index contributed by atoms with van der Waals surface area (Å²) in [4.78, 5) is 4.69. The van der Waals surface area contributed by atoms with Gasteiger partial charge in [0.1, 0.15) is 0 Å². The molecular weight excluding hydrogens is 410 g/mol. The Bertz CT molecular complexity index is 1640. The van der Waals surface area contributed by atoms with Crippen molar-refractivity contribution in [2.24, 2.45) is 0 Å². The molecular formula is C33H25N. The standard InChI is InChI=1S/C33H25N/c1-22-8-7-9-23(2)33(22)27-18-19-34-32(21-27)25-16-14-24(15-17-25)31-20-26-10-3-4-11-28(26)29-12-5-6-13-30(29)31/h3-21H,1-2H3. The van der Waals surface area contributed by atoms with Crippen LogP contribution in [-0.2, 0) is 0 Å². The molecule has 0 aliphatic heterocycles. The van der Waals surface area contributed by atoms with E-state index in [1.807, 2.05) is 6.20 Å². The van der Waals surface area contributed by atoms with Crippen molar-refractivity contribution in [1.82, 2.24) is 4.98 Å². The Hall–Kier alpha value is -4.23. The zero-order valence-corrected chi connectivity index (χ0v) is 19.4. The third kappa shape index (κ3) is 3.47. The molecule has 6 rings (SSSR count). The summed E-state index contributed by atoms with van der Waals surface area (Å²) in [6, 6.07) is 39.2. The van der Waals surface area contributed by atoms with Gasteiger partial charge < -0.3 is 0 Å². The Labute approximate surface area is 200 Å². The zero-order valence-electron chi connectivity index (χ0n) is 19.4. The van der Waals surface area contributed by atoms with Crippen LogP contribution in [0.15, 0.2) is 115 Å². The number of aromatic nitrogens is 1. The SMILES string of the molecule is Cc1cccc(C)c1-c1ccnc(-c2ccc(-c3cc4ccccc4c4ccccc34)cc2)c1. The second-order valence-corrected chi connectivity index (χ2v) is 8.96. The van der Waals surface area contributed by atoms with E-state index in [9.17, 15) is 0 Å². The monoisotopic (exact) mass is 435 g/mol. The van der Waals surface area contributed by atoms with Crippen LogP contribution in [0.5, 0.6) is 0 Å². The van der Waals surface area contributed by atoms with Crippen LogP contribution in [0.25, 0.3) is 55.1 Å². The maximum Gasteiger partial charge on any atom is 0.0708 e. The summed E-state index contributed by atoms with van der Waals surface area (Å²) in [6.07, 6.45) is 1.92. The van der Waals surface area contributed by atoms with Gasteiger partial charge in [-0.2, -0.15) is 0 Å². The third-order valence-corrected chi connectivity index (χ3v) is 6.79. The van der Waals surface area contributed by atoms with E-state index in [0.29, 0.717) is 0 Å². The molecule has 0 aliphatic carbocycles. The number of hydrogen-bond acceptors (Lipinski definition) is 1. The van der Waals surface area contributed by atoms with Crippen molar-refractivity contribution in [3.05, 3.63) is 127 Å². The summed E-state index contributed by atoms with van der Waals surface area (Å²) in [5, 5.41) is 5.14. The number of hydrogen-bond donors (Lipinski definition) is 0. The Morgan fingerprint density at radius 2 is 1.15 bits per heavy atom. The third-order valence-electron chi connectivity index (χ3n) is 6.79. The molecule has 34 heavy (non-hydrogen) atoms. The van der Waals surface area contributed by atoms with Gasteiger partial charge in [0.25, 0.3) is 0 Å². The lowest BCUT2D eigenvalue weighted by molar-refractivity contribution is 1.31. The Balaban J connectivity index is 1.44. The molecule has 5 aromatic carbocycles. The van der Waals surface area contributed by atoms with E-state index in [1.165, 1.54) is 54.9 Å². The summed E-state index contributed by atoms with van der Waals surface area (Å²) in [6.45, 7) is 4.34. The number of rotatable bonds is 3. The van der Waals surface area contributed by atoms with Crippen molar-refractivity contribution < 1.29 is 0 Å². The van der Waals surface area contributed by atoms with Crippen molar-refractivity contribution in [3.8, 4) is 33.5 Å². The van der Waals surface area contributed by atoms with Crippen molar-refractivity contribution in [2.75, 3.05) is 0 Å². The van der Waals surface area contributed by atoms with Gasteiger partial charge in [-0.05, 0) is 87.0 Å². The molecule has 1 heterocycles. The first-order valence-electron chi connectivity index (χ1n) is 11.7. The van der Waals surface area contributed by atoms with Gasteiger partial charge in [0.05, 0.1) is 5.69 Å². The second kappa shape index (κ2) is 8.28. The molecule has 0 unspecified atom stereocenters. The summed E-state index contributed by atoms with van der Waals surface area (Å²) in [5.41, 5.74) is 9.69. The molecule has 0 bridgehead atoms. The van der Waals surface area contributed by atoms with Crippen molar-refractivity contribution in [1.29, 1.82) is 0 Å². The molecule has 0 spiro atoms. The van der Waals surface area contributed by atoms with Crippen molar-refractivity contribution in [2.45, 2.75) is 13.8 Å². The maximum absolute atomic E-state index is 4.69. The number of fused-ring (bicyclic) bond motifs is 3. The fourth-order valence-electron chi connectivity index (χ4n) is 5.13. The molecule has 0 atom stereocenters. The van der Waals surface area contributed by atoms with Gasteiger partial charge in [-0.1, -0.05) is 91.0 Å². The highest BCUT2D eigenvalue weighted by Crippen LogP contribution is 2.36. The van der Waals surface area contributed by atoms with Crippen LogP contribution < -0.4 is 0 Å². The number of benzene rings is 5. The summed E-state index contributed by atoms with van der Waals surface area (Å²) in [5.74, 6) is 0. The van der Waals surface area contributed by atoms with Crippen LogP contribution in [0.2, 0.25) is 0 Å². The van der Waals surface area contributed by atoms with Crippen LogP contribution in [0.3, 0.4) is 0 Å². The van der Waals surface area contributed by atoms with E-state index in [1.54, 1.807) is 0 Å². The Kier molecular flexibility index (Phi) is 4.96. The zero-order chi connectivity index (χ0) is 23.1. The number of pyridine rings is 1. The van der Waals surface area contributed by atoms with Gasteiger partial charge in [-0.15, -0.1) is 0 Å². The minimum Gasteiger partial charge on any atom is -0.256 e. The Morgan fingerprint density at radius 3 is 1.91 bits per heavy atom. The number of aryl methyl sites for hydroxylation is 2. The molecule has 6 aromatic rings. The van der Waals surface area contributed by atoms with E-state index in [2.05, 4.69) is 128 Å². The van der Waals surface area contributed by atoms with Crippen molar-refractivity contribution in [3.63, 3.8) is 0 Å². The van der Waals surface area contributed by atoms with Gasteiger partial charge in [0, 0.05) is 11.8 Å². The summed E-state index contributed by atoms with van der Waals surface area (Å²) >= 11 is 0. The molecule has 0 amide bonds. The largest absolute Gasteiger partial charge is 0.256 e. The first-order chi connectivity index (χ1) is 16.7. The molecule has 0 fully saturated rings. The van der Waals surface area contributed by atoms with Crippen LogP contribution in [0.1, 0.15) is 11.1 Å². The van der Waals surface area contributed by atoms with Gasteiger partial charge in [0.2, 0.25) is 0 Å². The Morgan fingerprint density at radius 1 is 0.500 bits per heavy atom. The molecule has 1 aromatic heterocycles. The van der Waals surface area contributed by atoms with Gasteiger partial charge >= 0.3 is 0 Å². The molecule has 1 heteroatoms. The summed E-state index contributed by atoms with van der Waals surface area (Å²) < 4.78 is 0. The predicted molar refractivity (Wildman–Crippen MR) is 145 cm³/mol. The van der Waals surface area contributed by atoms with Gasteiger partial charge in [0.15, 0.2) is 0 Å².